The van der Waals surface area contributed by atoms with Crippen LogP contribution >= 0.6 is 0 Å². The Hall–Kier alpha value is -0.900. The first-order valence-electron chi connectivity index (χ1n) is 4.61. The van der Waals surface area contributed by atoms with Gasteiger partial charge in [-0.2, -0.15) is 0 Å². The van der Waals surface area contributed by atoms with E-state index in [-0.39, 0.29) is 5.54 Å². The summed E-state index contributed by atoms with van der Waals surface area (Å²) in [5.74, 6) is 1.94. The Morgan fingerprint density at radius 2 is 2.00 bits per heavy atom. The zero-order valence-electron chi connectivity index (χ0n) is 8.83. The summed E-state index contributed by atoms with van der Waals surface area (Å²) in [5, 5.41) is 8.13. The van der Waals surface area contributed by atoms with E-state index in [0.717, 1.165) is 24.6 Å². The van der Waals surface area contributed by atoms with Crippen LogP contribution in [-0.4, -0.2) is 20.3 Å². The monoisotopic (exact) mass is 182 g/mol. The molecule has 4 nitrogen and oxygen atoms in total. The second-order valence-electron chi connectivity index (χ2n) is 4.07. The van der Waals surface area contributed by atoms with E-state index < -0.39 is 0 Å². The highest BCUT2D eigenvalue weighted by molar-refractivity contribution is 4.98. The quantitative estimate of drug-likeness (QED) is 0.755. The first-order chi connectivity index (χ1) is 5.94. The van der Waals surface area contributed by atoms with E-state index in [9.17, 15) is 0 Å². The summed E-state index contributed by atoms with van der Waals surface area (Å²) < 4.78 is 2.09. The van der Waals surface area contributed by atoms with Crippen LogP contribution in [0, 0.1) is 6.92 Å². The average molecular weight is 182 g/mol. The van der Waals surface area contributed by atoms with Crippen molar-refractivity contribution in [3.63, 3.8) is 0 Å². The van der Waals surface area contributed by atoms with E-state index in [1.54, 1.807) is 0 Å². The minimum absolute atomic E-state index is 0.216. The number of nitrogens with zero attached hydrogens (tertiary/aromatic N) is 3. The fourth-order valence-electron chi connectivity index (χ4n) is 1.37. The van der Waals surface area contributed by atoms with Crippen LogP contribution in [0.5, 0.6) is 0 Å². The van der Waals surface area contributed by atoms with Crippen molar-refractivity contribution in [1.82, 2.24) is 14.8 Å². The molecule has 0 amide bonds. The number of hydrogen-bond acceptors (Lipinski definition) is 3. The Bertz CT molecular complexity index is 282. The van der Waals surface area contributed by atoms with Gasteiger partial charge in [-0.25, -0.2) is 0 Å². The van der Waals surface area contributed by atoms with Gasteiger partial charge in [-0.3, -0.25) is 0 Å². The zero-order valence-corrected chi connectivity index (χ0v) is 8.83. The smallest absolute Gasteiger partial charge is 0.134 e. The van der Waals surface area contributed by atoms with Crippen LogP contribution in [-0.2, 0) is 13.0 Å². The van der Waals surface area contributed by atoms with Gasteiger partial charge >= 0.3 is 0 Å². The first-order valence-corrected chi connectivity index (χ1v) is 4.61. The summed E-state index contributed by atoms with van der Waals surface area (Å²) in [6.45, 7) is 8.95. The third-order valence-electron chi connectivity index (χ3n) is 1.94. The molecule has 0 aliphatic rings. The van der Waals surface area contributed by atoms with Crippen molar-refractivity contribution >= 4 is 0 Å². The summed E-state index contributed by atoms with van der Waals surface area (Å²) in [4.78, 5) is 0. The summed E-state index contributed by atoms with van der Waals surface area (Å²) >= 11 is 0. The third kappa shape index (κ3) is 2.52. The molecule has 0 aliphatic heterocycles. The van der Waals surface area contributed by atoms with Crippen molar-refractivity contribution in [2.45, 2.75) is 46.2 Å². The van der Waals surface area contributed by atoms with Gasteiger partial charge in [0.05, 0.1) is 0 Å². The lowest BCUT2D eigenvalue weighted by molar-refractivity contribution is 0.486. The van der Waals surface area contributed by atoms with Crippen LogP contribution in [0.1, 0.15) is 32.4 Å². The van der Waals surface area contributed by atoms with E-state index in [2.05, 4.69) is 21.7 Å². The Morgan fingerprint density at radius 3 is 2.46 bits per heavy atom. The molecule has 0 saturated carbocycles. The summed E-state index contributed by atoms with van der Waals surface area (Å²) in [7, 11) is 0. The number of aryl methyl sites for hydroxylation is 1. The lowest BCUT2D eigenvalue weighted by atomic mass is 10.0. The van der Waals surface area contributed by atoms with Crippen LogP contribution in [0.3, 0.4) is 0 Å². The Balaban J connectivity index is 2.89. The first kappa shape index (κ1) is 10.2. The number of nitrogens with two attached hydrogens (primary N) is 1. The molecule has 0 aliphatic carbocycles. The maximum absolute atomic E-state index is 5.92. The van der Waals surface area contributed by atoms with Crippen LogP contribution in [0.4, 0.5) is 0 Å². The van der Waals surface area contributed by atoms with Gasteiger partial charge in [0, 0.05) is 18.5 Å². The van der Waals surface area contributed by atoms with E-state index in [4.69, 9.17) is 5.73 Å². The van der Waals surface area contributed by atoms with Crippen molar-refractivity contribution in [2.24, 2.45) is 5.73 Å². The minimum Gasteiger partial charge on any atom is -0.325 e. The van der Waals surface area contributed by atoms with Gasteiger partial charge in [-0.1, -0.05) is 0 Å². The molecule has 2 N–H and O–H groups in total. The fourth-order valence-corrected chi connectivity index (χ4v) is 1.37. The van der Waals surface area contributed by atoms with Crippen molar-refractivity contribution in [3.8, 4) is 0 Å². The maximum atomic E-state index is 5.92. The van der Waals surface area contributed by atoms with Crippen molar-refractivity contribution in [1.29, 1.82) is 0 Å². The van der Waals surface area contributed by atoms with E-state index in [1.807, 2.05) is 20.8 Å². The van der Waals surface area contributed by atoms with Crippen LogP contribution in [0.15, 0.2) is 0 Å². The molecule has 0 radical (unpaired) electrons. The van der Waals surface area contributed by atoms with Gasteiger partial charge in [-0.15, -0.1) is 10.2 Å². The highest BCUT2D eigenvalue weighted by Crippen LogP contribution is 2.09. The van der Waals surface area contributed by atoms with Crippen molar-refractivity contribution < 1.29 is 0 Å². The number of aromatic nitrogens is 3. The summed E-state index contributed by atoms with van der Waals surface area (Å²) in [5.41, 5.74) is 5.70. The van der Waals surface area contributed by atoms with E-state index in [1.165, 1.54) is 0 Å². The zero-order chi connectivity index (χ0) is 10.1. The predicted molar refractivity (Wildman–Crippen MR) is 52.4 cm³/mol. The molecular formula is C9H18N4. The average Bonchev–Trinajstić information content (AvgIpc) is 2.28. The predicted octanol–water partition coefficient (Wildman–Crippen LogP) is 0.886. The lowest BCUT2D eigenvalue weighted by Crippen LogP contribution is -2.35. The molecule has 1 rings (SSSR count). The molecule has 0 unspecified atom stereocenters. The molecule has 0 atom stereocenters. The maximum Gasteiger partial charge on any atom is 0.134 e. The number of hydrogen-bond donors (Lipinski definition) is 1. The Labute approximate surface area is 79.2 Å². The van der Waals surface area contributed by atoms with E-state index in [0.29, 0.717) is 0 Å². The summed E-state index contributed by atoms with van der Waals surface area (Å²) in [6.07, 6.45) is 0.766. The minimum atomic E-state index is -0.216. The van der Waals surface area contributed by atoms with Gasteiger partial charge < -0.3 is 10.3 Å². The molecular weight excluding hydrogens is 164 g/mol. The van der Waals surface area contributed by atoms with Gasteiger partial charge in [-0.05, 0) is 27.7 Å². The SMILES string of the molecule is CCn1c(C)nnc1CC(C)(C)N. The molecule has 4 heteroatoms. The van der Waals surface area contributed by atoms with Crippen LogP contribution in [0.2, 0.25) is 0 Å². The highest BCUT2D eigenvalue weighted by Gasteiger charge is 2.16. The Morgan fingerprint density at radius 1 is 1.38 bits per heavy atom. The third-order valence-corrected chi connectivity index (χ3v) is 1.94. The molecule has 74 valence electrons. The topological polar surface area (TPSA) is 56.7 Å². The molecule has 13 heavy (non-hydrogen) atoms. The van der Waals surface area contributed by atoms with Gasteiger partial charge in [0.1, 0.15) is 11.6 Å². The van der Waals surface area contributed by atoms with Crippen molar-refractivity contribution in [2.75, 3.05) is 0 Å². The number of rotatable bonds is 3. The molecule has 0 fully saturated rings. The van der Waals surface area contributed by atoms with Crippen molar-refractivity contribution in [3.05, 3.63) is 11.6 Å². The van der Waals surface area contributed by atoms with E-state index >= 15 is 0 Å². The normalized spacial score (nSPS) is 12.1. The molecule has 1 aromatic heterocycles. The highest BCUT2D eigenvalue weighted by atomic mass is 15.3. The lowest BCUT2D eigenvalue weighted by Gasteiger charge is -2.17. The standard InChI is InChI=1S/C9H18N4/c1-5-13-7(2)11-12-8(13)6-9(3,4)10/h5-6,10H2,1-4H3. The fraction of sp³-hybridized carbons (Fsp3) is 0.778. The second kappa shape index (κ2) is 3.46. The molecule has 0 saturated heterocycles. The molecule has 0 bridgehead atoms. The van der Waals surface area contributed by atoms with Gasteiger partial charge in [0.15, 0.2) is 0 Å². The second-order valence-corrected chi connectivity index (χ2v) is 4.07. The summed E-state index contributed by atoms with van der Waals surface area (Å²) in [6, 6.07) is 0. The van der Waals surface area contributed by atoms with Crippen LogP contribution < -0.4 is 5.73 Å². The molecule has 1 heterocycles. The van der Waals surface area contributed by atoms with Gasteiger partial charge in [0.25, 0.3) is 0 Å². The molecule has 0 aromatic carbocycles. The van der Waals surface area contributed by atoms with Crippen LogP contribution in [0.25, 0.3) is 0 Å². The largest absolute Gasteiger partial charge is 0.325 e. The Kier molecular flexibility index (Phi) is 2.71. The molecule has 1 aromatic rings. The molecule has 0 spiro atoms. The van der Waals surface area contributed by atoms with Gasteiger partial charge in [0.2, 0.25) is 0 Å².